The molecule has 4 nitrogen and oxygen atoms in total. The normalized spacial score (nSPS) is 16.0. The van der Waals surface area contributed by atoms with E-state index in [4.69, 9.17) is 0 Å². The minimum atomic E-state index is 0.269. The van der Waals surface area contributed by atoms with E-state index in [0.717, 1.165) is 39.1 Å². The van der Waals surface area contributed by atoms with Gasteiger partial charge in [-0.3, -0.25) is 9.69 Å². The van der Waals surface area contributed by atoms with E-state index in [0.29, 0.717) is 6.54 Å². The zero-order chi connectivity index (χ0) is 13.2. The molecule has 1 rings (SSSR count). The van der Waals surface area contributed by atoms with Crippen LogP contribution in [0, 0.1) is 0 Å². The number of hydrogen-bond acceptors (Lipinski definition) is 3. The summed E-state index contributed by atoms with van der Waals surface area (Å²) in [6.45, 7) is 8.85. The Kier molecular flexibility index (Phi) is 7.69. The molecular weight excluding hydrogens is 226 g/mol. The Morgan fingerprint density at radius 2 is 2.06 bits per heavy atom. The number of piperazine rings is 1. The molecule has 1 aliphatic heterocycles. The van der Waals surface area contributed by atoms with Gasteiger partial charge in [0.2, 0.25) is 5.91 Å². The molecule has 0 bridgehead atoms. The molecule has 0 aromatic carbocycles. The van der Waals surface area contributed by atoms with Crippen molar-refractivity contribution in [2.24, 2.45) is 0 Å². The number of unbranched alkanes of at least 4 members (excludes halogenated alkanes) is 3. The van der Waals surface area contributed by atoms with Crippen molar-refractivity contribution >= 4 is 5.91 Å². The van der Waals surface area contributed by atoms with Crippen LogP contribution in [0.25, 0.3) is 0 Å². The van der Waals surface area contributed by atoms with Gasteiger partial charge in [-0.15, -0.1) is 6.58 Å². The summed E-state index contributed by atoms with van der Waals surface area (Å²) in [7, 11) is 2.04. The first-order chi connectivity index (χ1) is 8.74. The van der Waals surface area contributed by atoms with Crippen LogP contribution in [0.1, 0.15) is 25.7 Å². The standard InChI is InChI=1S/C14H27N3O/c1-3-4-5-6-7-10-16(2)13-14(18)17-11-8-15-9-12-17/h3,15H,1,4-13H2,2H3. The number of carbonyl (C=O) groups is 1. The van der Waals surface area contributed by atoms with Crippen molar-refractivity contribution in [1.82, 2.24) is 15.1 Å². The van der Waals surface area contributed by atoms with Gasteiger partial charge in [0, 0.05) is 26.2 Å². The maximum Gasteiger partial charge on any atom is 0.236 e. The summed E-state index contributed by atoms with van der Waals surface area (Å²) < 4.78 is 0. The van der Waals surface area contributed by atoms with Gasteiger partial charge < -0.3 is 10.2 Å². The molecule has 0 saturated carbocycles. The number of amides is 1. The van der Waals surface area contributed by atoms with E-state index in [1.165, 1.54) is 19.3 Å². The predicted octanol–water partition coefficient (Wildman–Crippen LogP) is 1.10. The van der Waals surface area contributed by atoms with Crippen molar-refractivity contribution in [2.75, 3.05) is 46.3 Å². The smallest absolute Gasteiger partial charge is 0.236 e. The van der Waals surface area contributed by atoms with Crippen LogP contribution >= 0.6 is 0 Å². The second-order valence-corrected chi connectivity index (χ2v) is 5.01. The second kappa shape index (κ2) is 9.11. The molecule has 1 amide bonds. The number of nitrogens with zero attached hydrogens (tertiary/aromatic N) is 2. The summed E-state index contributed by atoms with van der Waals surface area (Å²) in [4.78, 5) is 16.1. The summed E-state index contributed by atoms with van der Waals surface area (Å²) in [5, 5.41) is 3.26. The molecule has 0 atom stereocenters. The molecule has 0 radical (unpaired) electrons. The first-order valence-corrected chi connectivity index (χ1v) is 7.02. The van der Waals surface area contributed by atoms with Gasteiger partial charge in [-0.1, -0.05) is 12.5 Å². The first kappa shape index (κ1) is 15.2. The Morgan fingerprint density at radius 3 is 2.72 bits per heavy atom. The van der Waals surface area contributed by atoms with Gasteiger partial charge in [0.15, 0.2) is 0 Å². The molecule has 0 unspecified atom stereocenters. The zero-order valence-corrected chi connectivity index (χ0v) is 11.7. The maximum absolute atomic E-state index is 12.0. The van der Waals surface area contributed by atoms with Crippen molar-refractivity contribution in [3.05, 3.63) is 12.7 Å². The number of allylic oxidation sites excluding steroid dienone is 1. The van der Waals surface area contributed by atoms with Crippen LogP contribution in [0.5, 0.6) is 0 Å². The van der Waals surface area contributed by atoms with E-state index in [-0.39, 0.29) is 5.91 Å². The molecule has 18 heavy (non-hydrogen) atoms. The molecule has 0 aromatic heterocycles. The minimum absolute atomic E-state index is 0.269. The third kappa shape index (κ3) is 6.17. The van der Waals surface area contributed by atoms with Gasteiger partial charge in [-0.2, -0.15) is 0 Å². The lowest BCUT2D eigenvalue weighted by Crippen LogP contribution is -2.49. The Hall–Kier alpha value is -0.870. The van der Waals surface area contributed by atoms with Crippen LogP contribution in [0.2, 0.25) is 0 Å². The molecule has 104 valence electrons. The van der Waals surface area contributed by atoms with E-state index in [9.17, 15) is 4.79 Å². The minimum Gasteiger partial charge on any atom is -0.339 e. The van der Waals surface area contributed by atoms with E-state index in [2.05, 4.69) is 16.8 Å². The van der Waals surface area contributed by atoms with Crippen LogP contribution in [0.4, 0.5) is 0 Å². The summed E-state index contributed by atoms with van der Waals surface area (Å²) in [6, 6.07) is 0. The van der Waals surface area contributed by atoms with Gasteiger partial charge in [-0.05, 0) is 32.9 Å². The van der Waals surface area contributed by atoms with E-state index >= 15 is 0 Å². The quantitative estimate of drug-likeness (QED) is 0.520. The highest BCUT2D eigenvalue weighted by molar-refractivity contribution is 5.78. The fourth-order valence-corrected chi connectivity index (χ4v) is 2.17. The zero-order valence-electron chi connectivity index (χ0n) is 11.7. The molecule has 0 spiro atoms. The van der Waals surface area contributed by atoms with Crippen molar-refractivity contribution < 1.29 is 4.79 Å². The highest BCUT2D eigenvalue weighted by Gasteiger charge is 2.17. The Labute approximate surface area is 111 Å². The van der Waals surface area contributed by atoms with Gasteiger partial charge in [0.1, 0.15) is 0 Å². The van der Waals surface area contributed by atoms with Gasteiger partial charge in [-0.25, -0.2) is 0 Å². The average molecular weight is 253 g/mol. The summed E-state index contributed by atoms with van der Waals surface area (Å²) in [6.07, 6.45) is 6.67. The van der Waals surface area contributed by atoms with Gasteiger partial charge in [0.25, 0.3) is 0 Å². The highest BCUT2D eigenvalue weighted by Crippen LogP contribution is 2.02. The fourth-order valence-electron chi connectivity index (χ4n) is 2.17. The molecule has 1 heterocycles. The number of nitrogens with one attached hydrogen (secondary N) is 1. The fraction of sp³-hybridized carbons (Fsp3) is 0.786. The molecule has 1 saturated heterocycles. The van der Waals surface area contributed by atoms with E-state index in [1.807, 2.05) is 18.0 Å². The van der Waals surface area contributed by atoms with E-state index < -0.39 is 0 Å². The second-order valence-electron chi connectivity index (χ2n) is 5.01. The first-order valence-electron chi connectivity index (χ1n) is 7.02. The van der Waals surface area contributed by atoms with Crippen LogP contribution in [-0.4, -0.2) is 62.0 Å². The largest absolute Gasteiger partial charge is 0.339 e. The Bertz CT molecular complexity index is 249. The van der Waals surface area contributed by atoms with Crippen LogP contribution in [0.3, 0.4) is 0 Å². The highest BCUT2D eigenvalue weighted by atomic mass is 16.2. The molecule has 4 heteroatoms. The van der Waals surface area contributed by atoms with E-state index in [1.54, 1.807) is 0 Å². The summed E-state index contributed by atoms with van der Waals surface area (Å²) in [5.41, 5.74) is 0. The van der Waals surface area contributed by atoms with Crippen molar-refractivity contribution in [3.8, 4) is 0 Å². The maximum atomic E-state index is 12.0. The number of rotatable bonds is 8. The SMILES string of the molecule is C=CCCCCCN(C)CC(=O)N1CCNCC1. The molecule has 1 aliphatic rings. The number of hydrogen-bond donors (Lipinski definition) is 1. The molecule has 0 aromatic rings. The third-order valence-electron chi connectivity index (χ3n) is 3.32. The monoisotopic (exact) mass is 253 g/mol. The third-order valence-corrected chi connectivity index (χ3v) is 3.32. The predicted molar refractivity (Wildman–Crippen MR) is 75.6 cm³/mol. The lowest BCUT2D eigenvalue weighted by atomic mass is 10.2. The summed E-state index contributed by atoms with van der Waals surface area (Å²) in [5.74, 6) is 0.269. The van der Waals surface area contributed by atoms with Crippen LogP contribution < -0.4 is 5.32 Å². The van der Waals surface area contributed by atoms with Crippen molar-refractivity contribution in [2.45, 2.75) is 25.7 Å². The molecule has 1 N–H and O–H groups in total. The Morgan fingerprint density at radius 1 is 1.33 bits per heavy atom. The Balaban J connectivity index is 2.08. The number of carbonyl (C=O) groups excluding carboxylic acids is 1. The lowest BCUT2D eigenvalue weighted by Gasteiger charge is -2.29. The van der Waals surface area contributed by atoms with Crippen molar-refractivity contribution in [3.63, 3.8) is 0 Å². The van der Waals surface area contributed by atoms with Crippen LogP contribution in [-0.2, 0) is 4.79 Å². The topological polar surface area (TPSA) is 35.6 Å². The molecule has 1 fully saturated rings. The van der Waals surface area contributed by atoms with Crippen molar-refractivity contribution in [1.29, 1.82) is 0 Å². The summed E-state index contributed by atoms with van der Waals surface area (Å²) >= 11 is 0. The average Bonchev–Trinajstić information content (AvgIpc) is 2.39. The lowest BCUT2D eigenvalue weighted by molar-refractivity contribution is -0.132. The van der Waals surface area contributed by atoms with Crippen LogP contribution in [0.15, 0.2) is 12.7 Å². The molecule has 0 aliphatic carbocycles. The number of likely N-dealkylation sites (N-methyl/N-ethyl adjacent to an activating group) is 1. The molecular formula is C14H27N3O. The van der Waals surface area contributed by atoms with Gasteiger partial charge >= 0.3 is 0 Å². The van der Waals surface area contributed by atoms with Gasteiger partial charge in [0.05, 0.1) is 6.54 Å².